The van der Waals surface area contributed by atoms with Crippen LogP contribution in [-0.4, -0.2) is 34.6 Å². The molecule has 3 amide bonds. The number of carbonyl (C=O) groups excluding carboxylic acids is 3. The molecule has 2 aromatic rings. The minimum atomic E-state index is -1.28. The average Bonchev–Trinajstić information content (AvgIpc) is 3.38. The Morgan fingerprint density at radius 1 is 0.750 bits per heavy atom. The number of hydrogen-bond acceptors (Lipinski definition) is 5. The number of anilines is 2. The molecule has 0 radical (unpaired) electrons. The fraction of sp³-hybridized carbons (Fsp3) is 0.514. The number of amidine groups is 1. The number of carbonyl (C=O) groups is 4. The van der Waals surface area contributed by atoms with Gasteiger partial charge in [-0.15, -0.1) is 0 Å². The monoisotopic (exact) mass is 604 g/mol. The maximum absolute atomic E-state index is 13.0. The number of benzene rings is 2. The summed E-state index contributed by atoms with van der Waals surface area (Å²) in [7, 11) is 0. The van der Waals surface area contributed by atoms with E-state index < -0.39 is 11.9 Å². The molecule has 2 aromatic carbocycles. The second-order valence-electron chi connectivity index (χ2n) is 11.5. The van der Waals surface area contributed by atoms with Gasteiger partial charge in [0.25, 0.3) is 11.8 Å². The lowest BCUT2D eigenvalue weighted by Crippen LogP contribution is -2.31. The molecule has 3 N–H and O–H groups in total. The van der Waals surface area contributed by atoms with Gasteiger partial charge in [-0.25, -0.2) is 4.79 Å². The molecule has 0 spiro atoms. The van der Waals surface area contributed by atoms with Crippen molar-refractivity contribution < 1.29 is 24.3 Å². The number of hydrogen-bond donors (Lipinski definition) is 3. The van der Waals surface area contributed by atoms with Gasteiger partial charge in [-0.2, -0.15) is 10.1 Å². The molecular formula is C35H48N4O5. The molecule has 0 unspecified atom stereocenters. The lowest BCUT2D eigenvalue weighted by atomic mass is 10.0. The van der Waals surface area contributed by atoms with Crippen LogP contribution in [0.1, 0.15) is 137 Å². The van der Waals surface area contributed by atoms with E-state index in [0.29, 0.717) is 17.8 Å². The molecule has 9 heteroatoms. The van der Waals surface area contributed by atoms with Crippen molar-refractivity contribution in [3.63, 3.8) is 0 Å². The van der Waals surface area contributed by atoms with Crippen molar-refractivity contribution in [2.75, 3.05) is 10.3 Å². The molecule has 3 rings (SSSR count). The predicted molar refractivity (Wildman–Crippen MR) is 175 cm³/mol. The molecule has 0 saturated carbocycles. The second kappa shape index (κ2) is 19.3. The van der Waals surface area contributed by atoms with Crippen molar-refractivity contribution >= 4 is 40.9 Å². The summed E-state index contributed by atoms with van der Waals surface area (Å²) in [6.45, 7) is 2.25. The summed E-state index contributed by atoms with van der Waals surface area (Å²) in [4.78, 5) is 49.8. The largest absolute Gasteiger partial charge is 0.478 e. The van der Waals surface area contributed by atoms with Crippen molar-refractivity contribution in [1.29, 1.82) is 0 Å². The van der Waals surface area contributed by atoms with Crippen LogP contribution in [0.2, 0.25) is 0 Å². The van der Waals surface area contributed by atoms with Gasteiger partial charge in [-0.1, -0.05) is 115 Å². The van der Waals surface area contributed by atoms with Crippen molar-refractivity contribution in [3.05, 3.63) is 59.7 Å². The first-order valence-corrected chi connectivity index (χ1v) is 16.3. The van der Waals surface area contributed by atoms with Gasteiger partial charge < -0.3 is 15.7 Å². The Bertz CT molecular complexity index is 1260. The summed E-state index contributed by atoms with van der Waals surface area (Å²) in [6, 6.07) is 12.9. The zero-order valence-electron chi connectivity index (χ0n) is 26.1. The van der Waals surface area contributed by atoms with E-state index in [9.17, 15) is 24.3 Å². The molecule has 238 valence electrons. The predicted octanol–water partition coefficient (Wildman–Crippen LogP) is 8.07. The lowest BCUT2D eigenvalue weighted by molar-refractivity contribution is -0.117. The topological polar surface area (TPSA) is 128 Å². The maximum Gasteiger partial charge on any atom is 0.336 e. The maximum atomic E-state index is 13.0. The van der Waals surface area contributed by atoms with Crippen LogP contribution in [0.5, 0.6) is 0 Å². The fourth-order valence-corrected chi connectivity index (χ4v) is 5.35. The van der Waals surface area contributed by atoms with Crippen molar-refractivity contribution in [2.45, 2.75) is 116 Å². The highest BCUT2D eigenvalue weighted by Crippen LogP contribution is 2.21. The first-order valence-electron chi connectivity index (χ1n) is 16.3. The Balaban J connectivity index is 1.36. The minimum Gasteiger partial charge on any atom is -0.478 e. The van der Waals surface area contributed by atoms with Crippen LogP contribution >= 0.6 is 0 Å². The number of carboxylic acids is 1. The number of unbranched alkanes of at least 4 members (excludes halogenated alkanes) is 14. The van der Waals surface area contributed by atoms with Gasteiger partial charge in [0.2, 0.25) is 5.91 Å². The quantitative estimate of drug-likeness (QED) is 0.132. The molecule has 44 heavy (non-hydrogen) atoms. The standard InChI is InChI=1S/C35H48N4O5/c1-2-3-4-5-6-7-8-9-10-11-12-13-14-15-19-22-32(40)36-27-23-24-29(35(43)44)30(25-27)34(42)37-31-26-33(41)39(38-31)28-20-17-16-18-21-28/h16-18,20-21,23-25H,2-15,19,22,26H2,1H3,(H,36,40)(H,43,44)(H,37,38,42). The number of nitrogens with one attached hydrogen (secondary N) is 2. The minimum absolute atomic E-state index is 0.114. The van der Waals surface area contributed by atoms with Gasteiger partial charge in [-0.3, -0.25) is 14.4 Å². The Morgan fingerprint density at radius 2 is 1.32 bits per heavy atom. The SMILES string of the molecule is CCCCCCCCCCCCCCCCCC(=O)Nc1ccc(C(=O)O)c(C(=O)NC2=NN(c3ccccc3)C(=O)C2)c1. The molecule has 0 aliphatic carbocycles. The van der Waals surface area contributed by atoms with Crippen LogP contribution in [0.3, 0.4) is 0 Å². The van der Waals surface area contributed by atoms with Crippen LogP contribution in [0, 0.1) is 0 Å². The zero-order chi connectivity index (χ0) is 31.6. The van der Waals surface area contributed by atoms with Crippen molar-refractivity contribution in [3.8, 4) is 0 Å². The van der Waals surface area contributed by atoms with E-state index in [4.69, 9.17) is 0 Å². The molecule has 0 aromatic heterocycles. The van der Waals surface area contributed by atoms with E-state index in [1.165, 1.54) is 100 Å². The van der Waals surface area contributed by atoms with Crippen molar-refractivity contribution in [2.24, 2.45) is 5.10 Å². The van der Waals surface area contributed by atoms with Crippen molar-refractivity contribution in [1.82, 2.24) is 5.32 Å². The van der Waals surface area contributed by atoms with Crippen LogP contribution < -0.4 is 15.6 Å². The Kier molecular flexibility index (Phi) is 15.1. The highest BCUT2D eigenvalue weighted by molar-refractivity contribution is 6.19. The number of amides is 3. The normalized spacial score (nSPS) is 12.7. The molecule has 0 saturated heterocycles. The van der Waals surface area contributed by atoms with Gasteiger partial charge in [0.1, 0.15) is 5.84 Å². The van der Waals surface area contributed by atoms with Crippen LogP contribution in [-0.2, 0) is 9.59 Å². The molecule has 1 aliphatic rings. The Labute approximate surface area is 261 Å². The third-order valence-electron chi connectivity index (χ3n) is 7.82. The number of hydrazone groups is 1. The van der Waals surface area contributed by atoms with E-state index in [1.807, 2.05) is 6.07 Å². The lowest BCUT2D eigenvalue weighted by Gasteiger charge is -2.11. The number of rotatable bonds is 20. The summed E-state index contributed by atoms with van der Waals surface area (Å²) in [5, 5.41) is 20.3. The van der Waals surface area contributed by atoms with Gasteiger partial charge in [0.05, 0.1) is 23.2 Å². The van der Waals surface area contributed by atoms with E-state index in [2.05, 4.69) is 22.7 Å². The number of aromatic carboxylic acids is 1. The first-order chi connectivity index (χ1) is 21.4. The highest BCUT2D eigenvalue weighted by atomic mass is 16.4. The van der Waals surface area contributed by atoms with Gasteiger partial charge in [0.15, 0.2) is 0 Å². The molecular weight excluding hydrogens is 556 g/mol. The summed E-state index contributed by atoms with van der Waals surface area (Å²) < 4.78 is 0. The van der Waals surface area contributed by atoms with Gasteiger partial charge in [-0.05, 0) is 36.8 Å². The zero-order valence-corrected chi connectivity index (χ0v) is 26.1. The third-order valence-corrected chi connectivity index (χ3v) is 7.82. The number of carboxylic acid groups (broad SMARTS) is 1. The summed E-state index contributed by atoms with van der Waals surface area (Å²) in [5.74, 6) is -2.38. The molecule has 1 heterocycles. The average molecular weight is 605 g/mol. The Hall–Kier alpha value is -4.01. The third kappa shape index (κ3) is 11.9. The molecule has 0 atom stereocenters. The summed E-state index contributed by atoms with van der Waals surface area (Å²) in [5.41, 5.74) is 0.552. The smallest absolute Gasteiger partial charge is 0.336 e. The molecule has 0 fully saturated rings. The van der Waals surface area contributed by atoms with Crippen LogP contribution in [0.4, 0.5) is 11.4 Å². The Morgan fingerprint density at radius 3 is 1.89 bits per heavy atom. The highest BCUT2D eigenvalue weighted by Gasteiger charge is 2.27. The van der Waals surface area contributed by atoms with Crippen LogP contribution in [0.25, 0.3) is 0 Å². The van der Waals surface area contributed by atoms with Crippen LogP contribution in [0.15, 0.2) is 53.6 Å². The molecule has 9 nitrogen and oxygen atoms in total. The van der Waals surface area contributed by atoms with Gasteiger partial charge >= 0.3 is 5.97 Å². The van der Waals surface area contributed by atoms with E-state index in [0.717, 1.165) is 19.3 Å². The van der Waals surface area contributed by atoms with E-state index >= 15 is 0 Å². The molecule has 0 bridgehead atoms. The summed E-state index contributed by atoms with van der Waals surface area (Å²) in [6.07, 6.45) is 19.0. The first kappa shape index (κ1) is 34.5. The number of para-hydroxylation sites is 1. The fourth-order valence-electron chi connectivity index (χ4n) is 5.35. The van der Waals surface area contributed by atoms with E-state index in [1.54, 1.807) is 24.3 Å². The molecule has 1 aliphatic heterocycles. The summed E-state index contributed by atoms with van der Waals surface area (Å²) >= 11 is 0. The number of nitrogens with zero attached hydrogens (tertiary/aromatic N) is 2. The second-order valence-corrected chi connectivity index (χ2v) is 11.5. The van der Waals surface area contributed by atoms with E-state index in [-0.39, 0.29) is 35.2 Å². The van der Waals surface area contributed by atoms with Gasteiger partial charge in [0, 0.05) is 12.1 Å².